The highest BCUT2D eigenvalue weighted by atomic mass is 16.1. The SMILES string of the molecule is Cc1cccc2c1NC(=O)CC2CN. The average molecular weight is 190 g/mol. The predicted octanol–water partition coefficient (Wildman–Crippen LogP) is 1.38. The summed E-state index contributed by atoms with van der Waals surface area (Å²) in [6.07, 6.45) is 0.507. The van der Waals surface area contributed by atoms with Gasteiger partial charge in [-0.15, -0.1) is 0 Å². The molecular formula is C11H14N2O. The van der Waals surface area contributed by atoms with E-state index >= 15 is 0 Å². The van der Waals surface area contributed by atoms with Crippen LogP contribution in [0.2, 0.25) is 0 Å². The average Bonchev–Trinajstić information content (AvgIpc) is 2.18. The van der Waals surface area contributed by atoms with E-state index in [0.29, 0.717) is 13.0 Å². The van der Waals surface area contributed by atoms with Gasteiger partial charge in [0.25, 0.3) is 0 Å². The summed E-state index contributed by atoms with van der Waals surface area (Å²) in [5, 5.41) is 2.90. The highest BCUT2D eigenvalue weighted by Gasteiger charge is 2.24. The smallest absolute Gasteiger partial charge is 0.225 e. The lowest BCUT2D eigenvalue weighted by Gasteiger charge is -2.25. The maximum absolute atomic E-state index is 11.4. The molecule has 1 atom stereocenters. The third-order valence-corrected chi connectivity index (χ3v) is 2.73. The van der Waals surface area contributed by atoms with Crippen LogP contribution >= 0.6 is 0 Å². The molecule has 0 bridgehead atoms. The standard InChI is InChI=1S/C11H14N2O/c1-7-3-2-4-9-8(6-12)5-10(14)13-11(7)9/h2-4,8H,5-6,12H2,1H3,(H,13,14). The molecule has 0 radical (unpaired) electrons. The Bertz CT molecular complexity index is 374. The highest BCUT2D eigenvalue weighted by Crippen LogP contribution is 2.33. The van der Waals surface area contributed by atoms with Crippen LogP contribution in [0.3, 0.4) is 0 Å². The number of nitrogens with one attached hydrogen (secondary N) is 1. The van der Waals surface area contributed by atoms with Crippen molar-refractivity contribution < 1.29 is 4.79 Å². The second-order valence-corrected chi connectivity index (χ2v) is 3.72. The first kappa shape index (κ1) is 9.21. The van der Waals surface area contributed by atoms with Crippen LogP contribution in [0.5, 0.6) is 0 Å². The minimum absolute atomic E-state index is 0.0715. The van der Waals surface area contributed by atoms with Crippen LogP contribution in [-0.2, 0) is 4.79 Å². The van der Waals surface area contributed by atoms with Crippen molar-refractivity contribution in [3.8, 4) is 0 Å². The fraction of sp³-hybridized carbons (Fsp3) is 0.364. The van der Waals surface area contributed by atoms with E-state index in [-0.39, 0.29) is 11.8 Å². The van der Waals surface area contributed by atoms with E-state index in [2.05, 4.69) is 5.32 Å². The molecule has 1 aromatic rings. The van der Waals surface area contributed by atoms with Crippen LogP contribution in [0.15, 0.2) is 18.2 Å². The Labute approximate surface area is 83.3 Å². The van der Waals surface area contributed by atoms with Gasteiger partial charge in [-0.05, 0) is 24.6 Å². The molecule has 1 aliphatic heterocycles. The van der Waals surface area contributed by atoms with Gasteiger partial charge >= 0.3 is 0 Å². The quantitative estimate of drug-likeness (QED) is 0.703. The number of para-hydroxylation sites is 1. The van der Waals surface area contributed by atoms with Gasteiger partial charge in [-0.1, -0.05) is 18.2 Å². The van der Waals surface area contributed by atoms with E-state index in [1.165, 1.54) is 5.56 Å². The van der Waals surface area contributed by atoms with Gasteiger partial charge in [0.1, 0.15) is 0 Å². The Morgan fingerprint density at radius 1 is 1.57 bits per heavy atom. The number of anilines is 1. The summed E-state index contributed by atoms with van der Waals surface area (Å²) in [4.78, 5) is 11.4. The van der Waals surface area contributed by atoms with E-state index in [1.54, 1.807) is 0 Å². The second-order valence-electron chi connectivity index (χ2n) is 3.72. The molecule has 0 aliphatic carbocycles. The molecule has 0 fully saturated rings. The number of aryl methyl sites for hydroxylation is 1. The van der Waals surface area contributed by atoms with Gasteiger partial charge in [0.2, 0.25) is 5.91 Å². The lowest BCUT2D eigenvalue weighted by Crippen LogP contribution is -2.27. The summed E-state index contributed by atoms with van der Waals surface area (Å²) in [5.41, 5.74) is 8.89. The van der Waals surface area contributed by atoms with E-state index in [0.717, 1.165) is 11.3 Å². The number of benzene rings is 1. The fourth-order valence-corrected chi connectivity index (χ4v) is 1.94. The summed E-state index contributed by atoms with van der Waals surface area (Å²) in [6.45, 7) is 2.53. The van der Waals surface area contributed by atoms with Gasteiger partial charge in [0.15, 0.2) is 0 Å². The first-order chi connectivity index (χ1) is 6.72. The first-order valence-corrected chi connectivity index (χ1v) is 4.82. The monoisotopic (exact) mass is 190 g/mol. The molecule has 1 heterocycles. The van der Waals surface area contributed by atoms with Gasteiger partial charge in [0.05, 0.1) is 0 Å². The molecule has 3 nitrogen and oxygen atoms in total. The zero-order valence-electron chi connectivity index (χ0n) is 8.21. The largest absolute Gasteiger partial charge is 0.330 e. The van der Waals surface area contributed by atoms with Crippen molar-refractivity contribution in [1.29, 1.82) is 0 Å². The van der Waals surface area contributed by atoms with Crippen molar-refractivity contribution in [3.63, 3.8) is 0 Å². The molecule has 1 amide bonds. The normalized spacial score (nSPS) is 20.1. The molecule has 3 heteroatoms. The minimum atomic E-state index is 0.0715. The topological polar surface area (TPSA) is 55.1 Å². The van der Waals surface area contributed by atoms with Gasteiger partial charge < -0.3 is 11.1 Å². The lowest BCUT2D eigenvalue weighted by molar-refractivity contribution is -0.116. The summed E-state index contributed by atoms with van der Waals surface area (Å²) in [6, 6.07) is 6.05. The summed E-state index contributed by atoms with van der Waals surface area (Å²) >= 11 is 0. The Kier molecular flexibility index (Phi) is 2.25. The Hall–Kier alpha value is -1.35. The fourth-order valence-electron chi connectivity index (χ4n) is 1.94. The maximum atomic E-state index is 11.4. The number of rotatable bonds is 1. The lowest BCUT2D eigenvalue weighted by atomic mass is 9.89. The van der Waals surface area contributed by atoms with Crippen molar-refractivity contribution in [2.45, 2.75) is 19.3 Å². The molecule has 0 aromatic heterocycles. The van der Waals surface area contributed by atoms with E-state index in [1.807, 2.05) is 25.1 Å². The molecule has 0 saturated heterocycles. The van der Waals surface area contributed by atoms with E-state index in [4.69, 9.17) is 5.73 Å². The van der Waals surface area contributed by atoms with E-state index < -0.39 is 0 Å². The zero-order valence-corrected chi connectivity index (χ0v) is 8.21. The van der Waals surface area contributed by atoms with Crippen LogP contribution in [0, 0.1) is 6.92 Å². The Balaban J connectivity index is 2.50. The summed E-state index contributed by atoms with van der Waals surface area (Å²) in [7, 11) is 0. The van der Waals surface area contributed by atoms with Gasteiger partial charge in [-0.2, -0.15) is 0 Å². The number of hydrogen-bond acceptors (Lipinski definition) is 2. The molecule has 0 spiro atoms. The van der Waals surface area contributed by atoms with Crippen molar-refractivity contribution in [2.24, 2.45) is 5.73 Å². The summed E-state index contributed by atoms with van der Waals surface area (Å²) in [5.74, 6) is 0.251. The number of nitrogens with two attached hydrogens (primary N) is 1. The van der Waals surface area contributed by atoms with E-state index in [9.17, 15) is 4.79 Å². The molecular weight excluding hydrogens is 176 g/mol. The third-order valence-electron chi connectivity index (χ3n) is 2.73. The van der Waals surface area contributed by atoms with Crippen LogP contribution in [0.1, 0.15) is 23.5 Å². The number of carbonyl (C=O) groups is 1. The van der Waals surface area contributed by atoms with Crippen molar-refractivity contribution in [3.05, 3.63) is 29.3 Å². The van der Waals surface area contributed by atoms with Crippen LogP contribution in [-0.4, -0.2) is 12.5 Å². The van der Waals surface area contributed by atoms with Crippen LogP contribution in [0.4, 0.5) is 5.69 Å². The number of fused-ring (bicyclic) bond motifs is 1. The third kappa shape index (κ3) is 1.40. The number of hydrogen-bond donors (Lipinski definition) is 2. The molecule has 1 aromatic carbocycles. The maximum Gasteiger partial charge on any atom is 0.225 e. The molecule has 3 N–H and O–H groups in total. The second kappa shape index (κ2) is 3.42. The van der Waals surface area contributed by atoms with Gasteiger partial charge in [0, 0.05) is 18.0 Å². The first-order valence-electron chi connectivity index (χ1n) is 4.82. The molecule has 74 valence electrons. The number of amides is 1. The van der Waals surface area contributed by atoms with Crippen LogP contribution in [0.25, 0.3) is 0 Å². The Morgan fingerprint density at radius 2 is 2.36 bits per heavy atom. The summed E-state index contributed by atoms with van der Waals surface area (Å²) < 4.78 is 0. The molecule has 2 rings (SSSR count). The predicted molar refractivity (Wildman–Crippen MR) is 56.2 cm³/mol. The minimum Gasteiger partial charge on any atom is -0.330 e. The molecule has 1 aliphatic rings. The molecule has 1 unspecified atom stereocenters. The zero-order chi connectivity index (χ0) is 10.1. The van der Waals surface area contributed by atoms with Crippen molar-refractivity contribution in [1.82, 2.24) is 0 Å². The highest BCUT2D eigenvalue weighted by molar-refractivity contribution is 5.95. The van der Waals surface area contributed by atoms with Crippen molar-refractivity contribution >= 4 is 11.6 Å². The number of carbonyl (C=O) groups excluding carboxylic acids is 1. The van der Waals surface area contributed by atoms with Crippen LogP contribution < -0.4 is 11.1 Å². The molecule has 14 heavy (non-hydrogen) atoms. The molecule has 0 saturated carbocycles. The van der Waals surface area contributed by atoms with Crippen molar-refractivity contribution in [2.75, 3.05) is 11.9 Å². The Morgan fingerprint density at radius 3 is 3.07 bits per heavy atom. The van der Waals surface area contributed by atoms with Gasteiger partial charge in [-0.3, -0.25) is 4.79 Å². The van der Waals surface area contributed by atoms with Gasteiger partial charge in [-0.25, -0.2) is 0 Å².